The molecule has 110 valence electrons. The highest BCUT2D eigenvalue weighted by atomic mass is 15.2. The van der Waals surface area contributed by atoms with Gasteiger partial charge >= 0.3 is 0 Å². The maximum atomic E-state index is 2.76. The number of piperidine rings is 1. The summed E-state index contributed by atoms with van der Waals surface area (Å²) >= 11 is 0. The van der Waals surface area contributed by atoms with Crippen LogP contribution in [0.5, 0.6) is 0 Å². The van der Waals surface area contributed by atoms with Gasteiger partial charge in [-0.15, -0.1) is 0 Å². The van der Waals surface area contributed by atoms with Crippen molar-refractivity contribution < 1.29 is 0 Å². The van der Waals surface area contributed by atoms with Crippen molar-refractivity contribution in [2.24, 2.45) is 5.92 Å². The normalized spacial score (nSPS) is 27.1. The second-order valence-corrected chi connectivity index (χ2v) is 6.79. The Hall–Kier alpha value is -1.02. The molecule has 2 fully saturated rings. The van der Waals surface area contributed by atoms with Crippen LogP contribution in [-0.4, -0.2) is 31.6 Å². The first kappa shape index (κ1) is 13.9. The summed E-state index contributed by atoms with van der Waals surface area (Å²) in [6.07, 6.45) is 8.68. The average molecular weight is 272 g/mol. The fourth-order valence-electron chi connectivity index (χ4n) is 4.06. The van der Waals surface area contributed by atoms with Crippen LogP contribution in [0.2, 0.25) is 0 Å². The fourth-order valence-corrected chi connectivity index (χ4v) is 4.06. The summed E-state index contributed by atoms with van der Waals surface area (Å²) in [7, 11) is 4.21. The first-order chi connectivity index (χ1) is 9.74. The molecule has 0 radical (unpaired) electrons. The highest BCUT2D eigenvalue weighted by Crippen LogP contribution is 2.35. The largest absolute Gasteiger partial charge is 0.378 e. The van der Waals surface area contributed by atoms with Gasteiger partial charge in [-0.2, -0.15) is 0 Å². The molecule has 0 unspecified atom stereocenters. The second kappa shape index (κ2) is 6.17. The lowest BCUT2D eigenvalue weighted by atomic mass is 9.78. The van der Waals surface area contributed by atoms with Gasteiger partial charge in [0.05, 0.1) is 0 Å². The zero-order chi connectivity index (χ0) is 13.9. The van der Waals surface area contributed by atoms with Gasteiger partial charge in [-0.25, -0.2) is 0 Å². The Morgan fingerprint density at radius 2 is 1.70 bits per heavy atom. The maximum Gasteiger partial charge on any atom is 0.0361 e. The van der Waals surface area contributed by atoms with Crippen LogP contribution in [0.25, 0.3) is 0 Å². The minimum atomic E-state index is 0.867. The van der Waals surface area contributed by atoms with Crippen molar-refractivity contribution in [3.8, 4) is 0 Å². The summed E-state index contributed by atoms with van der Waals surface area (Å²) in [6.45, 7) is 2.45. The Morgan fingerprint density at radius 3 is 2.45 bits per heavy atom. The van der Waals surface area contributed by atoms with E-state index in [1.165, 1.54) is 56.3 Å². The van der Waals surface area contributed by atoms with Crippen LogP contribution in [-0.2, 0) is 6.54 Å². The number of hydrogen-bond acceptors (Lipinski definition) is 2. The fraction of sp³-hybridized carbons (Fsp3) is 0.667. The molecule has 20 heavy (non-hydrogen) atoms. The molecule has 2 aliphatic rings. The molecule has 1 aliphatic carbocycles. The van der Waals surface area contributed by atoms with Gasteiger partial charge in [0.2, 0.25) is 0 Å². The molecule has 1 saturated carbocycles. The van der Waals surface area contributed by atoms with Crippen molar-refractivity contribution in [2.45, 2.75) is 51.1 Å². The second-order valence-electron chi connectivity index (χ2n) is 6.79. The van der Waals surface area contributed by atoms with Crippen LogP contribution in [0.15, 0.2) is 24.3 Å². The molecule has 2 nitrogen and oxygen atoms in total. The predicted octanol–water partition coefficient (Wildman–Crippen LogP) is 3.91. The summed E-state index contributed by atoms with van der Waals surface area (Å²) in [5.41, 5.74) is 2.77. The number of likely N-dealkylation sites (tertiary alicyclic amines) is 1. The predicted molar refractivity (Wildman–Crippen MR) is 86.2 cm³/mol. The van der Waals surface area contributed by atoms with Crippen LogP contribution in [0.4, 0.5) is 5.69 Å². The van der Waals surface area contributed by atoms with Gasteiger partial charge in [0.25, 0.3) is 0 Å². The lowest BCUT2D eigenvalue weighted by Gasteiger charge is -2.44. The summed E-state index contributed by atoms with van der Waals surface area (Å²) in [6, 6.07) is 9.98. The van der Waals surface area contributed by atoms with Crippen molar-refractivity contribution in [2.75, 3.05) is 25.5 Å². The Bertz CT molecular complexity index is 422. The van der Waals surface area contributed by atoms with Gasteiger partial charge in [-0.05, 0) is 55.8 Å². The lowest BCUT2D eigenvalue weighted by molar-refractivity contribution is 0.0547. The third kappa shape index (κ3) is 3.01. The highest BCUT2D eigenvalue weighted by molar-refractivity contribution is 5.45. The van der Waals surface area contributed by atoms with E-state index in [-0.39, 0.29) is 0 Å². The summed E-state index contributed by atoms with van der Waals surface area (Å²) in [4.78, 5) is 4.93. The van der Waals surface area contributed by atoms with Gasteiger partial charge in [-0.3, -0.25) is 4.90 Å². The number of fused-ring (bicyclic) bond motifs is 1. The maximum absolute atomic E-state index is 2.76. The molecule has 2 heteroatoms. The Balaban J connectivity index is 1.66. The summed E-state index contributed by atoms with van der Waals surface area (Å²) in [5, 5.41) is 0. The van der Waals surface area contributed by atoms with Crippen molar-refractivity contribution in [1.82, 2.24) is 4.90 Å². The third-order valence-electron chi connectivity index (χ3n) is 5.20. The molecule has 0 aromatic heterocycles. The minimum absolute atomic E-state index is 0.867. The molecule has 0 spiro atoms. The van der Waals surface area contributed by atoms with Crippen LogP contribution < -0.4 is 4.90 Å². The molecule has 1 aromatic carbocycles. The van der Waals surface area contributed by atoms with Crippen molar-refractivity contribution in [3.05, 3.63) is 29.8 Å². The Labute approximate surface area is 123 Å². The monoisotopic (exact) mass is 272 g/mol. The molecule has 0 bridgehead atoms. The van der Waals surface area contributed by atoms with E-state index >= 15 is 0 Å². The average Bonchev–Trinajstić information content (AvgIpc) is 2.48. The molecule has 1 aliphatic heterocycles. The van der Waals surface area contributed by atoms with E-state index < -0.39 is 0 Å². The van der Waals surface area contributed by atoms with E-state index in [4.69, 9.17) is 0 Å². The van der Waals surface area contributed by atoms with E-state index in [0.29, 0.717) is 0 Å². The SMILES string of the molecule is CN(C)c1ccc(CN2CCC[C@H]3CCCC[C@@H]32)cc1. The molecule has 2 atom stereocenters. The molecule has 1 aromatic rings. The topological polar surface area (TPSA) is 6.48 Å². The quantitative estimate of drug-likeness (QED) is 0.823. The van der Waals surface area contributed by atoms with Gasteiger partial charge in [-0.1, -0.05) is 25.0 Å². The molecule has 0 N–H and O–H groups in total. The van der Waals surface area contributed by atoms with Gasteiger partial charge < -0.3 is 4.90 Å². The molecule has 1 saturated heterocycles. The molecular weight excluding hydrogens is 244 g/mol. The third-order valence-corrected chi connectivity index (χ3v) is 5.20. The number of hydrogen-bond donors (Lipinski definition) is 0. The van der Waals surface area contributed by atoms with Gasteiger partial charge in [0, 0.05) is 32.4 Å². The number of anilines is 1. The first-order valence-corrected chi connectivity index (χ1v) is 8.24. The van der Waals surface area contributed by atoms with Crippen LogP contribution in [0.1, 0.15) is 44.1 Å². The van der Waals surface area contributed by atoms with Crippen LogP contribution >= 0.6 is 0 Å². The van der Waals surface area contributed by atoms with Crippen LogP contribution in [0.3, 0.4) is 0 Å². The number of rotatable bonds is 3. The number of benzene rings is 1. The van der Waals surface area contributed by atoms with E-state index in [9.17, 15) is 0 Å². The molecular formula is C18H28N2. The van der Waals surface area contributed by atoms with E-state index in [0.717, 1.165) is 18.5 Å². The van der Waals surface area contributed by atoms with Gasteiger partial charge in [0.1, 0.15) is 0 Å². The molecule has 0 amide bonds. The van der Waals surface area contributed by atoms with Crippen molar-refractivity contribution in [1.29, 1.82) is 0 Å². The summed E-state index contributed by atoms with van der Waals surface area (Å²) in [5.74, 6) is 0.985. The Kier molecular flexibility index (Phi) is 4.30. The van der Waals surface area contributed by atoms with Gasteiger partial charge in [0.15, 0.2) is 0 Å². The standard InChI is InChI=1S/C18H28N2/c1-19(2)17-11-9-15(10-12-17)14-20-13-5-7-16-6-3-4-8-18(16)20/h9-12,16,18H,3-8,13-14H2,1-2H3/t16-,18+/m1/s1. The smallest absolute Gasteiger partial charge is 0.0361 e. The summed E-state index contributed by atoms with van der Waals surface area (Å²) < 4.78 is 0. The van der Waals surface area contributed by atoms with Crippen molar-refractivity contribution >= 4 is 5.69 Å². The lowest BCUT2D eigenvalue weighted by Crippen LogP contribution is -2.46. The van der Waals surface area contributed by atoms with Crippen LogP contribution in [0, 0.1) is 5.92 Å². The van der Waals surface area contributed by atoms with Crippen molar-refractivity contribution in [3.63, 3.8) is 0 Å². The minimum Gasteiger partial charge on any atom is -0.378 e. The van der Waals surface area contributed by atoms with E-state index in [1.54, 1.807) is 0 Å². The van der Waals surface area contributed by atoms with E-state index in [2.05, 4.69) is 48.2 Å². The zero-order valence-electron chi connectivity index (χ0n) is 13.0. The molecule has 1 heterocycles. The van der Waals surface area contributed by atoms with E-state index in [1.807, 2.05) is 0 Å². The zero-order valence-corrected chi connectivity index (χ0v) is 13.0. The number of nitrogens with zero attached hydrogens (tertiary/aromatic N) is 2. The Morgan fingerprint density at radius 1 is 1.00 bits per heavy atom. The first-order valence-electron chi connectivity index (χ1n) is 8.24. The molecule has 3 rings (SSSR count). The highest BCUT2D eigenvalue weighted by Gasteiger charge is 2.32.